The van der Waals surface area contributed by atoms with Gasteiger partial charge in [-0.25, -0.2) is 38.4 Å². The van der Waals surface area contributed by atoms with Gasteiger partial charge in [0.15, 0.2) is 0 Å². The van der Waals surface area contributed by atoms with Crippen LogP contribution in [0.1, 0.15) is 0 Å². The maximum atomic E-state index is 10.3. The smallest absolute Gasteiger partial charge is 0.543 e. The maximum absolute atomic E-state index is 10.3. The van der Waals surface area contributed by atoms with E-state index in [0.717, 1.165) is 0 Å². The first kappa shape index (κ1) is 64.8. The Morgan fingerprint density at radius 1 is 0.262 bits per heavy atom. The first-order chi connectivity index (χ1) is 29.7. The molecule has 0 aliphatic heterocycles. The summed E-state index contributed by atoms with van der Waals surface area (Å²) in [5.74, 6) is -17.9. The Bertz CT molecular complexity index is 1480. The van der Waals surface area contributed by atoms with Crippen molar-refractivity contribution in [2.45, 2.75) is 25.2 Å². The SMILES string of the molecule is O=C(O)C=COC(OC=CC(=O)O)C(=O)[O-].O=C(O)C=COC(OC=CC(=O)O)C(=O)[O-].O=C(O)C=COC(OC=CC(=O)O)C(=O)[O-].O=C(O)C=COC(OC=CC(=O)O)C(=O)[O-].[Ti+4]. The van der Waals surface area contributed by atoms with Gasteiger partial charge in [-0.05, 0) is 0 Å². The van der Waals surface area contributed by atoms with Crippen molar-refractivity contribution in [3.63, 3.8) is 0 Å². The fourth-order valence-electron chi connectivity index (χ4n) is 1.92. The molecule has 0 spiro atoms. The summed E-state index contributed by atoms with van der Waals surface area (Å²) in [5, 5.41) is 107. The molecule has 0 amide bonds. The number of carbonyl (C=O) groups excluding carboxylic acids is 4. The Morgan fingerprint density at radius 3 is 0.415 bits per heavy atom. The number of carboxylic acids is 12. The third kappa shape index (κ3) is 50.7. The van der Waals surface area contributed by atoms with Crippen LogP contribution in [0.2, 0.25) is 0 Å². The molecular formula is C32H28O32Ti. The fraction of sp³-hybridized carbons (Fsp3) is 0.125. The molecule has 0 saturated heterocycles. The molecule has 33 heteroatoms. The summed E-state index contributed by atoms with van der Waals surface area (Å²) in [6, 6.07) is 0. The second-order valence-corrected chi connectivity index (χ2v) is 8.82. The summed E-state index contributed by atoms with van der Waals surface area (Å²) in [6.45, 7) is 0. The zero-order chi connectivity index (χ0) is 50.2. The maximum Gasteiger partial charge on any atom is 4.00 e. The quantitative estimate of drug-likeness (QED) is 0.0156. The number of carboxylic acid groups (broad SMARTS) is 12. The van der Waals surface area contributed by atoms with Crippen molar-refractivity contribution in [3.05, 3.63) is 98.7 Å². The van der Waals surface area contributed by atoms with E-state index < -0.39 is 96.8 Å². The van der Waals surface area contributed by atoms with Crippen LogP contribution in [0.25, 0.3) is 0 Å². The summed E-state index contributed by atoms with van der Waals surface area (Å²) >= 11 is 0. The van der Waals surface area contributed by atoms with Crippen molar-refractivity contribution in [1.29, 1.82) is 0 Å². The number of hydrogen-bond donors (Lipinski definition) is 8. The molecule has 0 saturated carbocycles. The molecule has 0 fully saturated rings. The summed E-state index contributed by atoms with van der Waals surface area (Å²) in [4.78, 5) is 121. The third-order valence-corrected chi connectivity index (χ3v) is 4.07. The van der Waals surface area contributed by atoms with Crippen LogP contribution in [0, 0.1) is 0 Å². The van der Waals surface area contributed by atoms with Crippen molar-refractivity contribution in [2.75, 3.05) is 0 Å². The van der Waals surface area contributed by atoms with Gasteiger partial charge in [0.1, 0.15) is 23.9 Å². The van der Waals surface area contributed by atoms with Gasteiger partial charge in [0.05, 0.1) is 98.7 Å². The molecule has 0 aliphatic rings. The molecule has 0 unspecified atom stereocenters. The van der Waals surface area contributed by atoms with Gasteiger partial charge in [0.2, 0.25) is 0 Å². The van der Waals surface area contributed by atoms with E-state index in [0.29, 0.717) is 98.7 Å². The molecule has 32 nitrogen and oxygen atoms in total. The zero-order valence-electron chi connectivity index (χ0n) is 31.4. The van der Waals surface area contributed by atoms with E-state index in [-0.39, 0.29) is 21.7 Å². The number of hydrogen-bond acceptors (Lipinski definition) is 24. The summed E-state index contributed by atoms with van der Waals surface area (Å²) in [6.07, 6.45) is 1.06. The molecule has 0 aliphatic carbocycles. The predicted molar refractivity (Wildman–Crippen MR) is 178 cm³/mol. The van der Waals surface area contributed by atoms with E-state index in [4.69, 9.17) is 40.9 Å². The molecule has 65 heavy (non-hydrogen) atoms. The van der Waals surface area contributed by atoms with Crippen LogP contribution in [0.5, 0.6) is 0 Å². The molecule has 0 aromatic rings. The summed E-state index contributed by atoms with van der Waals surface area (Å²) < 4.78 is 34.5. The third-order valence-electron chi connectivity index (χ3n) is 4.07. The van der Waals surface area contributed by atoms with Gasteiger partial charge in [-0.1, -0.05) is 0 Å². The average molecular weight is 972 g/mol. The first-order valence-corrected chi connectivity index (χ1v) is 15.0. The molecule has 0 radical (unpaired) electrons. The molecule has 0 rings (SSSR count). The Hall–Kier alpha value is -9.33. The Balaban J connectivity index is -0.000000245. The first-order valence-electron chi connectivity index (χ1n) is 15.0. The normalized spacial score (nSPS) is 12.3. The fourth-order valence-corrected chi connectivity index (χ4v) is 1.92. The molecular weight excluding hydrogens is 944 g/mol. The molecule has 0 aromatic carbocycles. The van der Waals surface area contributed by atoms with E-state index in [9.17, 15) is 78.0 Å². The Kier molecular flexibility index (Phi) is 40.0. The average Bonchev–Trinajstić information content (AvgIpc) is 3.15. The van der Waals surface area contributed by atoms with Crippen LogP contribution in [0.15, 0.2) is 98.7 Å². The van der Waals surface area contributed by atoms with Crippen LogP contribution in [0.3, 0.4) is 0 Å². The molecule has 0 bridgehead atoms. The van der Waals surface area contributed by atoms with Gasteiger partial charge in [0, 0.05) is 0 Å². The minimum absolute atomic E-state index is 0. The van der Waals surface area contributed by atoms with Gasteiger partial charge < -0.3 is 118 Å². The van der Waals surface area contributed by atoms with Gasteiger partial charge in [-0.2, -0.15) is 0 Å². The van der Waals surface area contributed by atoms with E-state index >= 15 is 0 Å². The van der Waals surface area contributed by atoms with Gasteiger partial charge in [-0.15, -0.1) is 0 Å². The molecule has 8 N–H and O–H groups in total. The molecule has 0 aromatic heterocycles. The molecule has 352 valence electrons. The topological polar surface area (TPSA) is 533 Å². The van der Waals surface area contributed by atoms with E-state index in [2.05, 4.69) is 37.9 Å². The summed E-state index contributed by atoms with van der Waals surface area (Å²) in [5.41, 5.74) is 0. The van der Waals surface area contributed by atoms with E-state index in [1.807, 2.05) is 0 Å². The van der Waals surface area contributed by atoms with Gasteiger partial charge in [-0.3, -0.25) is 0 Å². The van der Waals surface area contributed by atoms with Crippen LogP contribution >= 0.6 is 0 Å². The molecule has 0 heterocycles. The number of ether oxygens (including phenoxy) is 8. The minimum Gasteiger partial charge on any atom is -0.543 e. The van der Waals surface area contributed by atoms with E-state index in [1.165, 1.54) is 0 Å². The van der Waals surface area contributed by atoms with Crippen molar-refractivity contribution in [3.8, 4) is 0 Å². The summed E-state index contributed by atoms with van der Waals surface area (Å²) in [7, 11) is 0. The van der Waals surface area contributed by atoms with Crippen LogP contribution < -0.4 is 20.4 Å². The largest absolute Gasteiger partial charge is 4.00 e. The van der Waals surface area contributed by atoms with E-state index in [1.54, 1.807) is 0 Å². The standard InChI is InChI=1S/4C8H8O8.Ti/c4*9-5(10)1-3-15-8(7(13)14)16-4-2-6(11)12;/h4*1-4,8H,(H,9,10)(H,11,12)(H,13,14);/q;;;;+4/p-4. The second kappa shape index (κ2) is 40.1. The second-order valence-electron chi connectivity index (χ2n) is 8.82. The van der Waals surface area contributed by atoms with Crippen molar-refractivity contribution >= 4 is 71.6 Å². The number of carbonyl (C=O) groups is 12. The van der Waals surface area contributed by atoms with Crippen LogP contribution in [-0.4, -0.2) is 138 Å². The van der Waals surface area contributed by atoms with Gasteiger partial charge in [0.25, 0.3) is 25.2 Å². The monoisotopic (exact) mass is 972 g/mol. The van der Waals surface area contributed by atoms with Crippen LogP contribution in [0.4, 0.5) is 0 Å². The van der Waals surface area contributed by atoms with Crippen molar-refractivity contribution in [2.24, 2.45) is 0 Å². The number of rotatable bonds is 28. The predicted octanol–water partition coefficient (Wildman–Crippen LogP) is -6.83. The minimum atomic E-state index is -1.92. The number of aliphatic carboxylic acids is 12. The van der Waals surface area contributed by atoms with Crippen molar-refractivity contribution in [1.82, 2.24) is 0 Å². The van der Waals surface area contributed by atoms with Gasteiger partial charge >= 0.3 is 69.5 Å². The molecule has 0 atom stereocenters. The van der Waals surface area contributed by atoms with Crippen molar-refractivity contribution < 1.29 is 178 Å². The Morgan fingerprint density at radius 2 is 0.354 bits per heavy atom. The zero-order valence-corrected chi connectivity index (χ0v) is 33.0. The Labute approximate surface area is 373 Å². The van der Waals surface area contributed by atoms with Crippen LogP contribution in [-0.2, 0) is 117 Å².